The molecule has 0 spiro atoms. The van der Waals surface area contributed by atoms with Crippen LogP contribution in [0.3, 0.4) is 0 Å². The Balaban J connectivity index is 2.02. The quantitative estimate of drug-likeness (QED) is 0.371. The monoisotopic (exact) mass is 493 g/mol. The molecule has 0 saturated carbocycles. The van der Waals surface area contributed by atoms with Gasteiger partial charge >= 0.3 is 0 Å². The Hall–Kier alpha value is -2.41. The molecule has 3 rings (SSSR count). The lowest BCUT2D eigenvalue weighted by atomic mass is 9.92. The van der Waals surface area contributed by atoms with Gasteiger partial charge in [0.1, 0.15) is 5.75 Å². The lowest BCUT2D eigenvalue weighted by Gasteiger charge is -2.47. The molecule has 2 aromatic carbocycles. The molecule has 1 fully saturated rings. The lowest BCUT2D eigenvalue weighted by molar-refractivity contribution is 0.0306. The van der Waals surface area contributed by atoms with Crippen molar-refractivity contribution in [2.75, 3.05) is 19.6 Å². The summed E-state index contributed by atoms with van der Waals surface area (Å²) in [5.74, 6) is 0.525. The summed E-state index contributed by atoms with van der Waals surface area (Å²) in [4.78, 5) is 16.8. The maximum Gasteiger partial charge on any atom is 0.250 e. The van der Waals surface area contributed by atoms with E-state index in [9.17, 15) is 4.79 Å². The summed E-state index contributed by atoms with van der Waals surface area (Å²) in [7, 11) is -1.97. The van der Waals surface area contributed by atoms with Gasteiger partial charge in [-0.15, -0.1) is 6.58 Å². The number of nitrogens with two attached hydrogens (primary N) is 1. The van der Waals surface area contributed by atoms with Crippen molar-refractivity contribution in [2.24, 2.45) is 5.73 Å². The SMILES string of the molecule is C=CCN1C[C@H](C)N([C@H](c2ccc(C(N)=O)cc2)c2cccc(O[Si](C)(C)C(C)(C)C)c2)C[C@@H]1C. The predicted molar refractivity (Wildman–Crippen MR) is 148 cm³/mol. The third-order valence-electron chi connectivity index (χ3n) is 7.72. The van der Waals surface area contributed by atoms with E-state index in [2.05, 4.69) is 88.4 Å². The zero-order chi connectivity index (χ0) is 26.0. The molecule has 35 heavy (non-hydrogen) atoms. The first-order chi connectivity index (χ1) is 16.3. The third-order valence-corrected chi connectivity index (χ3v) is 12.1. The minimum absolute atomic E-state index is 0.0447. The number of benzene rings is 2. The Morgan fingerprint density at radius 1 is 1.11 bits per heavy atom. The minimum atomic E-state index is -1.97. The van der Waals surface area contributed by atoms with Crippen LogP contribution in [0.4, 0.5) is 0 Å². The van der Waals surface area contributed by atoms with E-state index in [0.717, 1.165) is 30.9 Å². The molecule has 0 bridgehead atoms. The number of rotatable bonds is 8. The zero-order valence-corrected chi connectivity index (χ0v) is 23.5. The van der Waals surface area contributed by atoms with Crippen LogP contribution >= 0.6 is 0 Å². The van der Waals surface area contributed by atoms with E-state index in [-0.39, 0.29) is 11.1 Å². The van der Waals surface area contributed by atoms with Gasteiger partial charge in [0.05, 0.1) is 6.04 Å². The number of hydrogen-bond acceptors (Lipinski definition) is 4. The Kier molecular flexibility index (Phi) is 8.30. The summed E-state index contributed by atoms with van der Waals surface area (Å²) in [6.07, 6.45) is 1.99. The maximum absolute atomic E-state index is 11.7. The first-order valence-corrected chi connectivity index (χ1v) is 15.5. The molecule has 1 saturated heterocycles. The number of piperazine rings is 1. The van der Waals surface area contributed by atoms with E-state index in [0.29, 0.717) is 17.6 Å². The van der Waals surface area contributed by atoms with Gasteiger partial charge in [-0.2, -0.15) is 0 Å². The van der Waals surface area contributed by atoms with Crippen molar-refractivity contribution < 1.29 is 9.22 Å². The van der Waals surface area contributed by atoms with Gasteiger partial charge in [0.2, 0.25) is 14.2 Å². The zero-order valence-electron chi connectivity index (χ0n) is 22.5. The van der Waals surface area contributed by atoms with Crippen LogP contribution in [0.25, 0.3) is 0 Å². The molecule has 6 heteroatoms. The Morgan fingerprint density at radius 3 is 2.34 bits per heavy atom. The second-order valence-corrected chi connectivity index (χ2v) is 16.2. The normalized spacial score (nSPS) is 20.9. The summed E-state index contributed by atoms with van der Waals surface area (Å²) in [5.41, 5.74) is 8.39. The highest BCUT2D eigenvalue weighted by atomic mass is 28.4. The Labute approximate surface area is 213 Å². The topological polar surface area (TPSA) is 58.8 Å². The van der Waals surface area contributed by atoms with Gasteiger partial charge in [0.25, 0.3) is 0 Å². The highest BCUT2D eigenvalue weighted by molar-refractivity contribution is 6.74. The van der Waals surface area contributed by atoms with Gasteiger partial charge < -0.3 is 10.2 Å². The molecule has 2 aromatic rings. The van der Waals surface area contributed by atoms with Crippen LogP contribution < -0.4 is 10.2 Å². The first kappa shape index (κ1) is 27.2. The van der Waals surface area contributed by atoms with Gasteiger partial charge in [-0.3, -0.25) is 14.6 Å². The number of amides is 1. The maximum atomic E-state index is 11.7. The van der Waals surface area contributed by atoms with E-state index in [1.165, 1.54) is 5.56 Å². The molecular weight excluding hydrogens is 450 g/mol. The standard InChI is InChI=1S/C29H43N3O2Si/c1-9-17-31-19-22(3)32(20-21(31)2)27(23-13-15-24(16-14-23)28(30)33)25-11-10-12-26(18-25)34-35(7,8)29(4,5)6/h9-16,18,21-22,27H,1,17,19-20H2,2-8H3,(H2,30,33)/t21-,22-,27+/m0/s1. The van der Waals surface area contributed by atoms with E-state index in [1.54, 1.807) is 0 Å². The Bertz CT molecular complexity index is 1030. The van der Waals surface area contributed by atoms with Gasteiger partial charge in [-0.1, -0.05) is 51.1 Å². The highest BCUT2D eigenvalue weighted by Gasteiger charge is 2.39. The smallest absolute Gasteiger partial charge is 0.250 e. The molecule has 1 aliphatic heterocycles. The van der Waals surface area contributed by atoms with Crippen LogP contribution in [0.2, 0.25) is 18.1 Å². The van der Waals surface area contributed by atoms with Crippen molar-refractivity contribution in [1.29, 1.82) is 0 Å². The van der Waals surface area contributed by atoms with Crippen molar-refractivity contribution in [2.45, 2.75) is 70.9 Å². The largest absolute Gasteiger partial charge is 0.543 e. The highest BCUT2D eigenvalue weighted by Crippen LogP contribution is 2.39. The van der Waals surface area contributed by atoms with E-state index in [4.69, 9.17) is 10.2 Å². The second-order valence-electron chi connectivity index (χ2n) is 11.5. The molecule has 0 aliphatic carbocycles. The van der Waals surface area contributed by atoms with E-state index >= 15 is 0 Å². The number of carbonyl (C=O) groups excluding carboxylic acids is 1. The van der Waals surface area contributed by atoms with Crippen LogP contribution in [-0.2, 0) is 0 Å². The fourth-order valence-corrected chi connectivity index (χ4v) is 5.63. The molecule has 0 radical (unpaired) electrons. The molecule has 3 atom stereocenters. The summed E-state index contributed by atoms with van der Waals surface area (Å²) >= 11 is 0. The molecule has 2 N–H and O–H groups in total. The number of carbonyl (C=O) groups is 1. The summed E-state index contributed by atoms with van der Waals surface area (Å²) in [5, 5.41) is 0.123. The fraction of sp³-hybridized carbons (Fsp3) is 0.483. The van der Waals surface area contributed by atoms with E-state index < -0.39 is 14.2 Å². The van der Waals surface area contributed by atoms with Crippen molar-refractivity contribution >= 4 is 14.2 Å². The van der Waals surface area contributed by atoms with Crippen LogP contribution in [0.5, 0.6) is 5.75 Å². The molecule has 5 nitrogen and oxygen atoms in total. The lowest BCUT2D eigenvalue weighted by Crippen LogP contribution is -2.57. The summed E-state index contributed by atoms with van der Waals surface area (Å²) < 4.78 is 6.67. The number of hydrogen-bond donors (Lipinski definition) is 1. The summed E-state index contributed by atoms with van der Waals surface area (Å²) in [6.45, 7) is 22.7. The fourth-order valence-electron chi connectivity index (χ4n) is 4.61. The van der Waals surface area contributed by atoms with E-state index in [1.807, 2.05) is 30.3 Å². The predicted octanol–water partition coefficient (Wildman–Crippen LogP) is 5.84. The molecule has 1 amide bonds. The average molecular weight is 494 g/mol. The van der Waals surface area contributed by atoms with Crippen molar-refractivity contribution in [3.05, 3.63) is 77.9 Å². The van der Waals surface area contributed by atoms with Gasteiger partial charge in [-0.05, 0) is 67.4 Å². The third kappa shape index (κ3) is 6.24. The van der Waals surface area contributed by atoms with Crippen LogP contribution in [0.1, 0.15) is 62.1 Å². The van der Waals surface area contributed by atoms with Crippen molar-refractivity contribution in [3.8, 4) is 5.75 Å². The molecule has 1 aliphatic rings. The number of primary amides is 1. The second kappa shape index (κ2) is 10.7. The molecule has 1 heterocycles. The van der Waals surface area contributed by atoms with Gasteiger partial charge in [-0.25, -0.2) is 0 Å². The van der Waals surface area contributed by atoms with Crippen LogP contribution in [0.15, 0.2) is 61.2 Å². The van der Waals surface area contributed by atoms with Crippen LogP contribution in [-0.4, -0.2) is 55.7 Å². The number of nitrogens with zero attached hydrogens (tertiary/aromatic N) is 2. The average Bonchev–Trinajstić information content (AvgIpc) is 2.77. The van der Waals surface area contributed by atoms with Crippen molar-refractivity contribution in [3.63, 3.8) is 0 Å². The van der Waals surface area contributed by atoms with Gasteiger partial charge in [0, 0.05) is 37.3 Å². The molecule has 0 aromatic heterocycles. The Morgan fingerprint density at radius 2 is 1.77 bits per heavy atom. The van der Waals surface area contributed by atoms with Crippen LogP contribution in [0, 0.1) is 0 Å². The minimum Gasteiger partial charge on any atom is -0.543 e. The van der Waals surface area contributed by atoms with Crippen molar-refractivity contribution in [1.82, 2.24) is 9.80 Å². The molecule has 190 valence electrons. The first-order valence-electron chi connectivity index (χ1n) is 12.6. The molecule has 0 unspecified atom stereocenters. The molecular formula is C29H43N3O2Si. The summed E-state index contributed by atoms with van der Waals surface area (Å²) in [6, 6.07) is 17.1. The van der Waals surface area contributed by atoms with Gasteiger partial charge in [0.15, 0.2) is 0 Å².